The van der Waals surface area contributed by atoms with Crippen LogP contribution in [0, 0.1) is 17.8 Å². The minimum atomic E-state index is 0.627. The molecular formula is C26H38O. The van der Waals surface area contributed by atoms with E-state index in [4.69, 9.17) is 4.74 Å². The monoisotopic (exact) mass is 366 g/mol. The predicted molar refractivity (Wildman–Crippen MR) is 116 cm³/mol. The molecule has 0 N–H and O–H groups in total. The highest BCUT2D eigenvalue weighted by Crippen LogP contribution is 2.44. The van der Waals surface area contributed by atoms with Gasteiger partial charge in [-0.1, -0.05) is 49.3 Å². The lowest BCUT2D eigenvalue weighted by molar-refractivity contribution is 0.149. The molecular weight excluding hydrogens is 328 g/mol. The fraction of sp³-hybridized carbons (Fsp3) is 0.615. The lowest BCUT2D eigenvalue weighted by atomic mass is 9.68. The average molecular weight is 367 g/mol. The second kappa shape index (κ2) is 10.9. The van der Waals surface area contributed by atoms with E-state index >= 15 is 0 Å². The minimum absolute atomic E-state index is 0.627. The molecule has 0 radical (unpaired) electrons. The van der Waals surface area contributed by atoms with Crippen molar-refractivity contribution >= 4 is 0 Å². The van der Waals surface area contributed by atoms with Crippen LogP contribution in [0.5, 0.6) is 0 Å². The number of hydrogen-bond acceptors (Lipinski definition) is 1. The Morgan fingerprint density at radius 2 is 1.44 bits per heavy atom. The van der Waals surface area contributed by atoms with Crippen LogP contribution in [0.4, 0.5) is 0 Å². The Labute approximate surface area is 166 Å². The van der Waals surface area contributed by atoms with Crippen molar-refractivity contribution in [3.8, 4) is 0 Å². The molecule has 148 valence electrons. The highest BCUT2D eigenvalue weighted by atomic mass is 16.5. The molecule has 2 saturated carbocycles. The van der Waals surface area contributed by atoms with E-state index in [1.54, 1.807) is 6.08 Å². The van der Waals surface area contributed by atoms with Gasteiger partial charge in [0.2, 0.25) is 0 Å². The number of ether oxygens (including phenoxy) is 1. The van der Waals surface area contributed by atoms with Gasteiger partial charge in [-0.2, -0.15) is 0 Å². The highest BCUT2D eigenvalue weighted by Gasteiger charge is 2.31. The summed E-state index contributed by atoms with van der Waals surface area (Å²) in [6.07, 6.45) is 18.0. The van der Waals surface area contributed by atoms with Crippen molar-refractivity contribution < 1.29 is 4.74 Å². The largest absolute Gasteiger partial charge is 0.373 e. The van der Waals surface area contributed by atoms with Crippen LogP contribution in [0.1, 0.15) is 81.3 Å². The minimum Gasteiger partial charge on any atom is -0.373 e. The van der Waals surface area contributed by atoms with Crippen LogP contribution in [0.2, 0.25) is 0 Å². The molecule has 3 rings (SSSR count). The maximum Gasteiger partial charge on any atom is 0.0721 e. The smallest absolute Gasteiger partial charge is 0.0721 e. The molecule has 0 unspecified atom stereocenters. The third kappa shape index (κ3) is 6.07. The van der Waals surface area contributed by atoms with Crippen LogP contribution in [-0.2, 0) is 11.3 Å². The van der Waals surface area contributed by atoms with Crippen LogP contribution in [0.3, 0.4) is 0 Å². The number of rotatable bonds is 9. The molecule has 2 aliphatic rings. The van der Waals surface area contributed by atoms with Crippen LogP contribution < -0.4 is 0 Å². The van der Waals surface area contributed by atoms with Gasteiger partial charge < -0.3 is 4.74 Å². The van der Waals surface area contributed by atoms with Gasteiger partial charge in [-0.25, -0.2) is 0 Å². The molecule has 1 aromatic rings. The second-order valence-corrected chi connectivity index (χ2v) is 8.80. The maximum absolute atomic E-state index is 5.54. The Morgan fingerprint density at radius 1 is 0.815 bits per heavy atom. The Balaban J connectivity index is 1.41. The third-order valence-corrected chi connectivity index (χ3v) is 7.06. The summed E-state index contributed by atoms with van der Waals surface area (Å²) in [6, 6.07) is 9.16. The van der Waals surface area contributed by atoms with Crippen molar-refractivity contribution in [2.75, 3.05) is 6.61 Å². The Morgan fingerprint density at radius 3 is 2.04 bits per heavy atom. The van der Waals surface area contributed by atoms with Crippen LogP contribution in [-0.4, -0.2) is 6.61 Å². The topological polar surface area (TPSA) is 9.23 Å². The summed E-state index contributed by atoms with van der Waals surface area (Å²) < 4.78 is 5.54. The lowest BCUT2D eigenvalue weighted by Gasteiger charge is -2.38. The normalized spacial score (nSPS) is 28.6. The first-order chi connectivity index (χ1) is 13.3. The third-order valence-electron chi connectivity index (χ3n) is 7.06. The van der Waals surface area contributed by atoms with E-state index in [1.807, 2.05) is 0 Å². The van der Waals surface area contributed by atoms with Gasteiger partial charge in [0.25, 0.3) is 0 Å². The van der Waals surface area contributed by atoms with E-state index in [0.717, 1.165) is 23.7 Å². The Hall–Kier alpha value is -1.34. The molecule has 0 atom stereocenters. The van der Waals surface area contributed by atoms with Gasteiger partial charge in [-0.3, -0.25) is 0 Å². The van der Waals surface area contributed by atoms with E-state index in [-0.39, 0.29) is 0 Å². The van der Waals surface area contributed by atoms with Gasteiger partial charge in [-0.05, 0) is 86.2 Å². The van der Waals surface area contributed by atoms with Crippen molar-refractivity contribution in [1.82, 2.24) is 0 Å². The summed E-state index contributed by atoms with van der Waals surface area (Å²) in [6.45, 7) is 8.89. The highest BCUT2D eigenvalue weighted by molar-refractivity contribution is 5.25. The molecule has 0 aliphatic heterocycles. The Bertz CT molecular complexity index is 556. The van der Waals surface area contributed by atoms with E-state index in [1.165, 1.54) is 75.3 Å². The molecule has 27 heavy (non-hydrogen) atoms. The molecule has 1 nitrogen and oxygen atoms in total. The summed E-state index contributed by atoms with van der Waals surface area (Å²) >= 11 is 0. The van der Waals surface area contributed by atoms with Crippen molar-refractivity contribution in [3.63, 3.8) is 0 Å². The van der Waals surface area contributed by atoms with Crippen molar-refractivity contribution in [2.24, 2.45) is 17.8 Å². The number of allylic oxidation sites excluding steroid dienone is 1. The van der Waals surface area contributed by atoms with Gasteiger partial charge in [0.05, 0.1) is 13.2 Å². The standard InChI is InChI=1S/C26H38O/c1-3-5-6-21-7-11-23(12-8-21)25-15-17-26(18-16-25)24-13-9-22(10-14-24)20-27-19-4-2/h3-4,9-10,13-14,21,23,25-26H,1-2,5-8,11-12,15-20H2/t21-,23-,25-,26-. The SMILES string of the molecule is C=CCC[C@H]1CC[C@H]([C@H]2CC[C@H](c3ccc(COCC=C)cc3)CC2)CC1. The lowest BCUT2D eigenvalue weighted by Crippen LogP contribution is -2.25. The van der Waals surface area contributed by atoms with Gasteiger partial charge in [0, 0.05) is 0 Å². The first-order valence-electron chi connectivity index (χ1n) is 11.2. The average Bonchev–Trinajstić information content (AvgIpc) is 2.73. The predicted octanol–water partition coefficient (Wildman–Crippen LogP) is 7.44. The van der Waals surface area contributed by atoms with Gasteiger partial charge in [0.15, 0.2) is 0 Å². The maximum atomic E-state index is 5.54. The number of hydrogen-bond donors (Lipinski definition) is 0. The summed E-state index contributed by atoms with van der Waals surface area (Å²) in [5.41, 5.74) is 2.80. The molecule has 0 amide bonds. The van der Waals surface area contributed by atoms with Gasteiger partial charge in [0.1, 0.15) is 0 Å². The second-order valence-electron chi connectivity index (χ2n) is 8.80. The summed E-state index contributed by atoms with van der Waals surface area (Å²) in [5.74, 6) is 3.75. The van der Waals surface area contributed by atoms with Gasteiger partial charge in [-0.15, -0.1) is 13.2 Å². The zero-order valence-corrected chi connectivity index (χ0v) is 17.1. The van der Waals surface area contributed by atoms with Crippen LogP contribution in [0.25, 0.3) is 0 Å². The van der Waals surface area contributed by atoms with Crippen LogP contribution >= 0.6 is 0 Å². The molecule has 0 bridgehead atoms. The van der Waals surface area contributed by atoms with Gasteiger partial charge >= 0.3 is 0 Å². The van der Waals surface area contributed by atoms with Crippen molar-refractivity contribution in [3.05, 3.63) is 60.7 Å². The molecule has 1 heteroatoms. The van der Waals surface area contributed by atoms with E-state index < -0.39 is 0 Å². The number of benzene rings is 1. The molecule has 0 spiro atoms. The zero-order chi connectivity index (χ0) is 18.9. The molecule has 1 aromatic carbocycles. The first-order valence-corrected chi connectivity index (χ1v) is 11.2. The molecule has 0 saturated heterocycles. The fourth-order valence-corrected chi connectivity index (χ4v) is 5.37. The fourth-order valence-electron chi connectivity index (χ4n) is 5.37. The first kappa shape index (κ1) is 20.4. The van der Waals surface area contributed by atoms with E-state index in [0.29, 0.717) is 13.2 Å². The van der Waals surface area contributed by atoms with Crippen molar-refractivity contribution in [1.29, 1.82) is 0 Å². The Kier molecular flexibility index (Phi) is 8.20. The molecule has 2 fully saturated rings. The zero-order valence-electron chi connectivity index (χ0n) is 17.1. The quantitative estimate of drug-likeness (QED) is 0.326. The summed E-state index contributed by atoms with van der Waals surface area (Å²) in [7, 11) is 0. The van der Waals surface area contributed by atoms with E-state index in [2.05, 4.69) is 43.5 Å². The molecule has 0 aromatic heterocycles. The molecule has 0 heterocycles. The molecule has 2 aliphatic carbocycles. The van der Waals surface area contributed by atoms with Crippen LogP contribution in [0.15, 0.2) is 49.6 Å². The summed E-state index contributed by atoms with van der Waals surface area (Å²) in [4.78, 5) is 0. The van der Waals surface area contributed by atoms with E-state index in [9.17, 15) is 0 Å². The van der Waals surface area contributed by atoms with Crippen molar-refractivity contribution in [2.45, 2.75) is 76.7 Å². The summed E-state index contributed by atoms with van der Waals surface area (Å²) in [5, 5.41) is 0.